The van der Waals surface area contributed by atoms with Crippen LogP contribution in [0.4, 0.5) is 0 Å². The molecule has 2 N–H and O–H groups in total. The topological polar surface area (TPSA) is 66.4 Å². The predicted molar refractivity (Wildman–Crippen MR) is 105 cm³/mol. The third-order valence-electron chi connectivity index (χ3n) is 3.46. The molecular weight excluding hydrogens is 334 g/mol. The van der Waals surface area contributed by atoms with Crippen molar-refractivity contribution < 1.29 is 14.7 Å². The minimum atomic E-state index is -0.977. The molecule has 0 saturated heterocycles. The average Bonchev–Trinajstić information content (AvgIpc) is 2.63. The normalized spacial score (nSPS) is 11.0. The van der Waals surface area contributed by atoms with Crippen molar-refractivity contribution >= 4 is 24.5 Å². The van der Waals surface area contributed by atoms with E-state index >= 15 is 0 Å². The fraction of sp³-hybridized carbons (Fsp3) is 0.300. The van der Waals surface area contributed by atoms with Gasteiger partial charge < -0.3 is 10.4 Å². The van der Waals surface area contributed by atoms with E-state index in [2.05, 4.69) is 66.5 Å². The van der Waals surface area contributed by atoms with Crippen molar-refractivity contribution in [3.05, 3.63) is 60.7 Å². The van der Waals surface area contributed by atoms with Crippen molar-refractivity contribution in [3.63, 3.8) is 0 Å². The zero-order chi connectivity index (χ0) is 18.5. The van der Waals surface area contributed by atoms with Gasteiger partial charge in [-0.15, -0.1) is 0 Å². The monoisotopic (exact) mass is 359 g/mol. The standard InChI is InChI=1S/C12H10.C8H15NO3S/c1-3-7-11(8-4-1)12-9-5-2-6-10-12;1-6(10)9-7(8(11)12)4-2-3-5-13/h1-10H;7,13H,2-5H2,1H3,(H,9,10)(H,11,12). The van der Waals surface area contributed by atoms with E-state index in [-0.39, 0.29) is 5.91 Å². The van der Waals surface area contributed by atoms with E-state index in [9.17, 15) is 9.59 Å². The third kappa shape index (κ3) is 8.96. The Balaban J connectivity index is 0.000000250. The Kier molecular flexibility index (Phi) is 10.1. The van der Waals surface area contributed by atoms with Crippen LogP contribution in [0.5, 0.6) is 0 Å². The lowest BCUT2D eigenvalue weighted by Crippen LogP contribution is -2.39. The lowest BCUT2D eigenvalue weighted by molar-refractivity contribution is -0.141. The van der Waals surface area contributed by atoms with E-state index in [4.69, 9.17) is 5.11 Å². The first kappa shape index (κ1) is 20.8. The maximum Gasteiger partial charge on any atom is 0.326 e. The number of aliphatic carboxylic acids is 1. The van der Waals surface area contributed by atoms with Gasteiger partial charge in [0.05, 0.1) is 0 Å². The molecule has 0 fully saturated rings. The highest BCUT2D eigenvalue weighted by atomic mass is 32.1. The van der Waals surface area contributed by atoms with Crippen molar-refractivity contribution in [3.8, 4) is 11.1 Å². The van der Waals surface area contributed by atoms with Crippen LogP contribution < -0.4 is 5.32 Å². The Morgan fingerprint density at radius 1 is 0.960 bits per heavy atom. The molecule has 0 aliphatic carbocycles. The highest BCUT2D eigenvalue weighted by Gasteiger charge is 2.16. The van der Waals surface area contributed by atoms with Gasteiger partial charge in [0.2, 0.25) is 5.91 Å². The molecule has 2 aromatic carbocycles. The number of thiol groups is 1. The van der Waals surface area contributed by atoms with Crippen LogP contribution in [0.3, 0.4) is 0 Å². The minimum absolute atomic E-state index is 0.307. The Labute approximate surface area is 154 Å². The van der Waals surface area contributed by atoms with Crippen LogP contribution in [0.2, 0.25) is 0 Å². The molecule has 25 heavy (non-hydrogen) atoms. The number of hydrogen-bond donors (Lipinski definition) is 3. The Bertz CT molecular complexity index is 594. The minimum Gasteiger partial charge on any atom is -0.480 e. The first-order valence-electron chi connectivity index (χ1n) is 8.26. The van der Waals surface area contributed by atoms with E-state index in [1.54, 1.807) is 0 Å². The summed E-state index contributed by atoms with van der Waals surface area (Å²) in [6.07, 6.45) is 2.10. The van der Waals surface area contributed by atoms with E-state index in [0.717, 1.165) is 18.6 Å². The highest BCUT2D eigenvalue weighted by Crippen LogP contribution is 2.17. The van der Waals surface area contributed by atoms with Crippen LogP contribution in [0.15, 0.2) is 60.7 Å². The van der Waals surface area contributed by atoms with Crippen LogP contribution in [-0.2, 0) is 9.59 Å². The van der Waals surface area contributed by atoms with Crippen LogP contribution in [0.25, 0.3) is 11.1 Å². The lowest BCUT2D eigenvalue weighted by atomic mass is 10.1. The van der Waals surface area contributed by atoms with Gasteiger partial charge in [-0.25, -0.2) is 4.79 Å². The molecule has 0 heterocycles. The molecule has 134 valence electrons. The van der Waals surface area contributed by atoms with Crippen molar-refractivity contribution in [2.75, 3.05) is 5.75 Å². The van der Waals surface area contributed by atoms with Crippen molar-refractivity contribution in [1.82, 2.24) is 5.32 Å². The molecule has 2 aromatic rings. The molecule has 0 saturated carbocycles. The van der Waals surface area contributed by atoms with Crippen LogP contribution in [0, 0.1) is 0 Å². The van der Waals surface area contributed by atoms with Crippen molar-refractivity contribution in [2.24, 2.45) is 0 Å². The molecule has 1 atom stereocenters. The zero-order valence-corrected chi connectivity index (χ0v) is 15.3. The number of nitrogens with one attached hydrogen (secondary N) is 1. The number of unbranched alkanes of at least 4 members (excludes halogenated alkanes) is 1. The molecule has 0 aromatic heterocycles. The van der Waals surface area contributed by atoms with Gasteiger partial charge in [0.15, 0.2) is 0 Å². The maximum absolute atomic E-state index is 10.6. The van der Waals surface area contributed by atoms with Gasteiger partial charge in [-0.05, 0) is 36.1 Å². The second-order valence-electron chi connectivity index (χ2n) is 5.54. The fourth-order valence-corrected chi connectivity index (χ4v) is 2.45. The Hall–Kier alpha value is -2.27. The number of benzene rings is 2. The number of carboxylic acids is 1. The molecule has 4 nitrogen and oxygen atoms in total. The molecule has 2 rings (SSSR count). The molecular formula is C20H25NO3S. The summed E-state index contributed by atoms with van der Waals surface area (Å²) in [4.78, 5) is 21.2. The number of carbonyl (C=O) groups is 2. The molecule has 0 spiro atoms. The van der Waals surface area contributed by atoms with Gasteiger partial charge >= 0.3 is 5.97 Å². The quantitative estimate of drug-likeness (QED) is 0.516. The smallest absolute Gasteiger partial charge is 0.326 e. The van der Waals surface area contributed by atoms with Gasteiger partial charge in [0.25, 0.3) is 0 Å². The first-order chi connectivity index (χ1) is 12.0. The molecule has 0 aliphatic rings. The molecule has 5 heteroatoms. The number of carboxylic acid groups (broad SMARTS) is 1. The summed E-state index contributed by atoms with van der Waals surface area (Å²) in [7, 11) is 0. The number of hydrogen-bond acceptors (Lipinski definition) is 3. The second kappa shape index (κ2) is 12.1. The zero-order valence-electron chi connectivity index (χ0n) is 14.4. The summed E-state index contributed by atoms with van der Waals surface area (Å²) >= 11 is 4.01. The molecule has 1 unspecified atom stereocenters. The average molecular weight is 359 g/mol. The molecule has 1 amide bonds. The fourth-order valence-electron chi connectivity index (χ4n) is 2.22. The number of carbonyl (C=O) groups excluding carboxylic acids is 1. The SMILES string of the molecule is CC(=O)NC(CCCCS)C(=O)O.c1ccc(-c2ccccc2)cc1. The van der Waals surface area contributed by atoms with Gasteiger partial charge in [-0.2, -0.15) is 12.6 Å². The number of rotatable bonds is 7. The lowest BCUT2D eigenvalue weighted by Gasteiger charge is -2.12. The van der Waals surface area contributed by atoms with Crippen LogP contribution >= 0.6 is 12.6 Å². The van der Waals surface area contributed by atoms with Crippen molar-refractivity contribution in [1.29, 1.82) is 0 Å². The maximum atomic E-state index is 10.6. The summed E-state index contributed by atoms with van der Waals surface area (Å²) < 4.78 is 0. The van der Waals surface area contributed by atoms with Gasteiger partial charge in [-0.3, -0.25) is 4.79 Å². The van der Waals surface area contributed by atoms with E-state index in [1.165, 1.54) is 18.1 Å². The predicted octanol–water partition coefficient (Wildman–Crippen LogP) is 4.03. The molecule has 0 aliphatic heterocycles. The van der Waals surface area contributed by atoms with E-state index in [1.807, 2.05) is 12.1 Å². The summed E-state index contributed by atoms with van der Waals surface area (Å²) in [5, 5.41) is 11.1. The van der Waals surface area contributed by atoms with Gasteiger partial charge in [0.1, 0.15) is 6.04 Å². The summed E-state index contributed by atoms with van der Waals surface area (Å²) in [5.74, 6) is -0.542. The van der Waals surface area contributed by atoms with Gasteiger partial charge in [-0.1, -0.05) is 60.7 Å². The van der Waals surface area contributed by atoms with E-state index < -0.39 is 12.0 Å². The molecule has 0 radical (unpaired) electrons. The first-order valence-corrected chi connectivity index (χ1v) is 8.89. The third-order valence-corrected chi connectivity index (χ3v) is 3.77. The van der Waals surface area contributed by atoms with E-state index in [0.29, 0.717) is 6.42 Å². The number of amides is 1. The van der Waals surface area contributed by atoms with Crippen molar-refractivity contribution in [2.45, 2.75) is 32.2 Å². The van der Waals surface area contributed by atoms with Crippen LogP contribution in [-0.4, -0.2) is 28.8 Å². The highest BCUT2D eigenvalue weighted by molar-refractivity contribution is 7.80. The summed E-state index contributed by atoms with van der Waals surface area (Å²) in [5.41, 5.74) is 2.55. The summed E-state index contributed by atoms with van der Waals surface area (Å²) in [6.45, 7) is 1.31. The largest absolute Gasteiger partial charge is 0.480 e. The van der Waals surface area contributed by atoms with Gasteiger partial charge in [0, 0.05) is 6.92 Å². The van der Waals surface area contributed by atoms with Crippen LogP contribution in [0.1, 0.15) is 26.2 Å². The second-order valence-corrected chi connectivity index (χ2v) is 5.99. The Morgan fingerprint density at radius 3 is 1.80 bits per heavy atom. The molecule has 0 bridgehead atoms. The Morgan fingerprint density at radius 2 is 1.44 bits per heavy atom. The summed E-state index contributed by atoms with van der Waals surface area (Å²) in [6, 6.07) is 20.0.